The first-order valence-corrected chi connectivity index (χ1v) is 11.9. The molecule has 10 heteroatoms. The first kappa shape index (κ1) is 25.7. The average Bonchev–Trinajstić information content (AvgIpc) is 3.34. The Morgan fingerprint density at radius 1 is 1.08 bits per heavy atom. The molecule has 1 atom stereocenters. The number of nitrogens with zero attached hydrogens (tertiary/aromatic N) is 3. The fourth-order valence-corrected chi connectivity index (χ4v) is 4.32. The maximum atomic E-state index is 13.8. The fourth-order valence-electron chi connectivity index (χ4n) is 4.32. The van der Waals surface area contributed by atoms with Gasteiger partial charge in [0.2, 0.25) is 5.91 Å². The monoisotopic (exact) mass is 506 g/mol. The quantitative estimate of drug-likeness (QED) is 0.444. The maximum Gasteiger partial charge on any atom is 0.358 e. The Hall–Kier alpha value is -4.34. The van der Waals surface area contributed by atoms with Crippen LogP contribution in [0.3, 0.4) is 0 Å². The van der Waals surface area contributed by atoms with Gasteiger partial charge in [0, 0.05) is 24.2 Å². The SMILES string of the molecule is CCOC(=O)c1cc2n(n1)C[C@](C)(C(=O)NCc1ccccc1)N(Cc1ccc(OC)cc1OC)C2=O. The Morgan fingerprint density at radius 2 is 1.84 bits per heavy atom. The molecule has 1 aliphatic heterocycles. The molecular formula is C27H30N4O6. The minimum Gasteiger partial charge on any atom is -0.497 e. The summed E-state index contributed by atoms with van der Waals surface area (Å²) in [6.45, 7) is 3.99. The second-order valence-electron chi connectivity index (χ2n) is 8.80. The summed E-state index contributed by atoms with van der Waals surface area (Å²) in [4.78, 5) is 41.3. The molecule has 4 rings (SSSR count). The van der Waals surface area contributed by atoms with Gasteiger partial charge in [-0.05, 0) is 31.5 Å². The van der Waals surface area contributed by atoms with Crippen LogP contribution in [0.25, 0.3) is 0 Å². The smallest absolute Gasteiger partial charge is 0.358 e. The Labute approximate surface area is 215 Å². The Morgan fingerprint density at radius 3 is 2.51 bits per heavy atom. The van der Waals surface area contributed by atoms with Crippen molar-refractivity contribution in [2.45, 2.75) is 39.0 Å². The number of methoxy groups -OCH3 is 2. The van der Waals surface area contributed by atoms with Crippen LogP contribution in [0.5, 0.6) is 11.5 Å². The standard InChI is InChI=1S/C27H30N4O6/c1-5-37-25(33)21-14-22-24(32)30(16-19-11-12-20(35-3)13-23(19)36-4)27(2,17-31(22)29-21)26(34)28-15-18-9-7-6-8-10-18/h6-14H,5,15-17H2,1-4H3,(H,28,34)/t27-/m1/s1. The van der Waals surface area contributed by atoms with Gasteiger partial charge < -0.3 is 24.4 Å². The third-order valence-corrected chi connectivity index (χ3v) is 6.39. The lowest BCUT2D eigenvalue weighted by molar-refractivity contribution is -0.133. The number of aromatic nitrogens is 2. The number of nitrogens with one attached hydrogen (secondary N) is 1. The van der Waals surface area contributed by atoms with E-state index in [0.29, 0.717) is 23.6 Å². The highest BCUT2D eigenvalue weighted by Gasteiger charge is 2.48. The Kier molecular flexibility index (Phi) is 7.47. The molecule has 2 aromatic carbocycles. The van der Waals surface area contributed by atoms with Crippen molar-refractivity contribution in [3.63, 3.8) is 0 Å². The molecule has 0 spiro atoms. The molecule has 10 nitrogen and oxygen atoms in total. The van der Waals surface area contributed by atoms with E-state index in [-0.39, 0.29) is 37.0 Å². The average molecular weight is 507 g/mol. The number of esters is 1. The molecule has 0 aliphatic carbocycles. The molecule has 194 valence electrons. The second kappa shape index (κ2) is 10.7. The van der Waals surface area contributed by atoms with E-state index in [2.05, 4.69) is 10.4 Å². The third-order valence-electron chi connectivity index (χ3n) is 6.39. The number of ether oxygens (including phenoxy) is 3. The Bertz CT molecular complexity index is 1310. The van der Waals surface area contributed by atoms with Crippen LogP contribution < -0.4 is 14.8 Å². The van der Waals surface area contributed by atoms with Gasteiger partial charge in [-0.25, -0.2) is 4.79 Å². The van der Waals surface area contributed by atoms with Crippen molar-refractivity contribution in [1.82, 2.24) is 20.0 Å². The van der Waals surface area contributed by atoms with Gasteiger partial charge in [0.15, 0.2) is 5.69 Å². The lowest BCUT2D eigenvalue weighted by Gasteiger charge is -2.43. The minimum absolute atomic E-state index is 0.0149. The number of rotatable bonds is 9. The molecule has 1 aromatic heterocycles. The van der Waals surface area contributed by atoms with Crippen molar-refractivity contribution >= 4 is 17.8 Å². The van der Waals surface area contributed by atoms with E-state index in [0.717, 1.165) is 5.56 Å². The van der Waals surface area contributed by atoms with Gasteiger partial charge in [0.1, 0.15) is 22.7 Å². The van der Waals surface area contributed by atoms with Crippen LogP contribution in [-0.2, 0) is 29.2 Å². The lowest BCUT2D eigenvalue weighted by Crippen LogP contribution is -2.63. The zero-order valence-corrected chi connectivity index (χ0v) is 21.3. The molecule has 0 fully saturated rings. The number of amides is 2. The summed E-state index contributed by atoms with van der Waals surface area (Å²) in [5.41, 5.74) is 0.513. The summed E-state index contributed by atoms with van der Waals surface area (Å²) in [6.07, 6.45) is 0. The van der Waals surface area contributed by atoms with Crippen LogP contribution in [0.2, 0.25) is 0 Å². The predicted octanol–water partition coefficient (Wildman–Crippen LogP) is 2.81. The predicted molar refractivity (Wildman–Crippen MR) is 134 cm³/mol. The van der Waals surface area contributed by atoms with Gasteiger partial charge in [-0.1, -0.05) is 30.3 Å². The summed E-state index contributed by atoms with van der Waals surface area (Å²) in [5, 5.41) is 7.24. The van der Waals surface area contributed by atoms with Gasteiger partial charge in [0.25, 0.3) is 5.91 Å². The highest BCUT2D eigenvalue weighted by molar-refractivity contribution is 6.01. The van der Waals surface area contributed by atoms with Crippen LogP contribution >= 0.6 is 0 Å². The molecule has 0 radical (unpaired) electrons. The first-order chi connectivity index (χ1) is 17.8. The van der Waals surface area contributed by atoms with Gasteiger partial charge >= 0.3 is 5.97 Å². The van der Waals surface area contributed by atoms with Gasteiger partial charge in [0.05, 0.1) is 33.9 Å². The summed E-state index contributed by atoms with van der Waals surface area (Å²) in [5.74, 6) is -0.298. The van der Waals surface area contributed by atoms with Crippen LogP contribution in [-0.4, -0.2) is 58.8 Å². The van der Waals surface area contributed by atoms with Crippen LogP contribution in [0.4, 0.5) is 0 Å². The van der Waals surface area contributed by atoms with Crippen molar-refractivity contribution in [1.29, 1.82) is 0 Å². The molecule has 0 unspecified atom stereocenters. The molecule has 1 aliphatic rings. The summed E-state index contributed by atoms with van der Waals surface area (Å²) >= 11 is 0. The molecule has 0 bridgehead atoms. The molecule has 0 saturated carbocycles. The van der Waals surface area contributed by atoms with Crippen molar-refractivity contribution in [3.05, 3.63) is 77.1 Å². The Balaban J connectivity index is 1.71. The number of fused-ring (bicyclic) bond motifs is 1. The van der Waals surface area contributed by atoms with Gasteiger partial charge in [-0.15, -0.1) is 0 Å². The molecule has 37 heavy (non-hydrogen) atoms. The van der Waals surface area contributed by atoms with E-state index in [1.165, 1.54) is 22.8 Å². The second-order valence-corrected chi connectivity index (χ2v) is 8.80. The molecule has 0 saturated heterocycles. The van der Waals surface area contributed by atoms with Crippen LogP contribution in [0.1, 0.15) is 46.0 Å². The highest BCUT2D eigenvalue weighted by atomic mass is 16.5. The number of benzene rings is 2. The first-order valence-electron chi connectivity index (χ1n) is 11.9. The van der Waals surface area contributed by atoms with E-state index >= 15 is 0 Å². The highest BCUT2D eigenvalue weighted by Crippen LogP contribution is 2.33. The molecule has 2 amide bonds. The zero-order valence-electron chi connectivity index (χ0n) is 21.3. The topological polar surface area (TPSA) is 112 Å². The van der Waals surface area contributed by atoms with Crippen LogP contribution in [0.15, 0.2) is 54.6 Å². The summed E-state index contributed by atoms with van der Waals surface area (Å²) in [6, 6.07) is 16.2. The summed E-state index contributed by atoms with van der Waals surface area (Å²) in [7, 11) is 3.09. The van der Waals surface area contributed by atoms with Crippen LogP contribution in [0, 0.1) is 0 Å². The van der Waals surface area contributed by atoms with Crippen molar-refractivity contribution in [3.8, 4) is 11.5 Å². The van der Waals surface area contributed by atoms with Crippen molar-refractivity contribution < 1.29 is 28.6 Å². The van der Waals surface area contributed by atoms with E-state index < -0.39 is 17.4 Å². The van der Waals surface area contributed by atoms with E-state index in [4.69, 9.17) is 14.2 Å². The summed E-state index contributed by atoms with van der Waals surface area (Å²) < 4.78 is 17.3. The van der Waals surface area contributed by atoms with Crippen molar-refractivity contribution in [2.75, 3.05) is 20.8 Å². The van der Waals surface area contributed by atoms with E-state index in [1.807, 2.05) is 30.3 Å². The maximum absolute atomic E-state index is 13.8. The minimum atomic E-state index is -1.32. The zero-order chi connectivity index (χ0) is 26.6. The number of carbonyl (C=O) groups excluding carboxylic acids is 3. The lowest BCUT2D eigenvalue weighted by atomic mass is 9.93. The van der Waals surface area contributed by atoms with Gasteiger partial charge in [-0.2, -0.15) is 5.10 Å². The van der Waals surface area contributed by atoms with Gasteiger partial charge in [-0.3, -0.25) is 14.3 Å². The number of carbonyl (C=O) groups is 3. The molecule has 2 heterocycles. The number of hydrogen-bond acceptors (Lipinski definition) is 7. The number of hydrogen-bond donors (Lipinski definition) is 1. The van der Waals surface area contributed by atoms with E-state index in [1.54, 1.807) is 39.2 Å². The van der Waals surface area contributed by atoms with Crippen molar-refractivity contribution in [2.24, 2.45) is 0 Å². The fraction of sp³-hybridized carbons (Fsp3) is 0.333. The molecule has 3 aromatic rings. The largest absolute Gasteiger partial charge is 0.497 e. The molecule has 1 N–H and O–H groups in total. The molecular weight excluding hydrogens is 476 g/mol. The third kappa shape index (κ3) is 5.13. The van der Waals surface area contributed by atoms with E-state index in [9.17, 15) is 14.4 Å². The normalized spacial score (nSPS) is 16.6.